The highest BCUT2D eigenvalue weighted by Gasteiger charge is 2.38. The monoisotopic (exact) mass is 379 g/mol. The van der Waals surface area contributed by atoms with Gasteiger partial charge in [0.2, 0.25) is 0 Å². The van der Waals surface area contributed by atoms with Crippen molar-refractivity contribution in [3.8, 4) is 0 Å². The van der Waals surface area contributed by atoms with E-state index in [1.54, 1.807) is 4.90 Å². The van der Waals surface area contributed by atoms with Gasteiger partial charge in [0.25, 0.3) is 0 Å². The van der Waals surface area contributed by atoms with Gasteiger partial charge in [0.05, 0.1) is 12.0 Å². The summed E-state index contributed by atoms with van der Waals surface area (Å²) in [6, 6.07) is 19.2. The van der Waals surface area contributed by atoms with Crippen LogP contribution in [-0.2, 0) is 9.53 Å². The summed E-state index contributed by atoms with van der Waals surface area (Å²) in [7, 11) is 0. The number of carbonyl (C=O) groups excluding carboxylic acids is 2. The first-order valence-electron chi connectivity index (χ1n) is 10.00. The Labute approximate surface area is 167 Å². The Kier molecular flexibility index (Phi) is 6.18. The van der Waals surface area contributed by atoms with Crippen LogP contribution in [-0.4, -0.2) is 35.0 Å². The molecule has 1 unspecified atom stereocenters. The zero-order valence-corrected chi connectivity index (χ0v) is 16.9. The first-order chi connectivity index (χ1) is 13.4. The molecule has 1 aliphatic rings. The van der Waals surface area contributed by atoms with E-state index in [2.05, 4.69) is 0 Å². The van der Waals surface area contributed by atoms with Crippen LogP contribution in [0.2, 0.25) is 0 Å². The van der Waals surface area contributed by atoms with Crippen molar-refractivity contribution in [2.24, 2.45) is 0 Å². The third-order valence-corrected chi connectivity index (χ3v) is 5.01. The summed E-state index contributed by atoms with van der Waals surface area (Å²) < 4.78 is 5.58. The molecule has 0 aliphatic carbocycles. The number of hydrogen-bond donors (Lipinski definition) is 0. The summed E-state index contributed by atoms with van der Waals surface area (Å²) in [5.41, 5.74) is 1.32. The number of carbonyl (C=O) groups is 2. The average Bonchev–Trinajstić information content (AvgIpc) is 2.68. The minimum absolute atomic E-state index is 0.0583. The lowest BCUT2D eigenvalue weighted by atomic mass is 9.82. The maximum Gasteiger partial charge on any atom is 0.410 e. The van der Waals surface area contributed by atoms with E-state index in [0.717, 1.165) is 24.0 Å². The number of benzene rings is 2. The van der Waals surface area contributed by atoms with Gasteiger partial charge < -0.3 is 4.74 Å². The van der Waals surface area contributed by atoms with E-state index in [1.165, 1.54) is 0 Å². The van der Waals surface area contributed by atoms with Crippen LogP contribution >= 0.6 is 0 Å². The molecule has 0 bridgehead atoms. The highest BCUT2D eigenvalue weighted by Crippen LogP contribution is 2.31. The van der Waals surface area contributed by atoms with Crippen LogP contribution < -0.4 is 0 Å². The van der Waals surface area contributed by atoms with E-state index in [4.69, 9.17) is 4.74 Å². The van der Waals surface area contributed by atoms with Crippen LogP contribution in [0.3, 0.4) is 0 Å². The zero-order valence-electron chi connectivity index (χ0n) is 16.9. The van der Waals surface area contributed by atoms with E-state index in [9.17, 15) is 9.59 Å². The van der Waals surface area contributed by atoms with Crippen molar-refractivity contribution in [2.45, 2.75) is 57.6 Å². The summed E-state index contributed by atoms with van der Waals surface area (Å²) in [5, 5.41) is 0. The van der Waals surface area contributed by atoms with E-state index < -0.39 is 23.7 Å². The topological polar surface area (TPSA) is 46.6 Å². The molecule has 28 heavy (non-hydrogen) atoms. The van der Waals surface area contributed by atoms with E-state index in [0.29, 0.717) is 13.0 Å². The Hall–Kier alpha value is -2.62. The molecule has 0 saturated carbocycles. The van der Waals surface area contributed by atoms with Crippen molar-refractivity contribution in [2.75, 3.05) is 6.54 Å². The Morgan fingerprint density at radius 1 is 0.929 bits per heavy atom. The number of rotatable bonds is 4. The molecule has 1 amide bonds. The quantitative estimate of drug-likeness (QED) is 0.735. The van der Waals surface area contributed by atoms with Crippen LogP contribution in [0, 0.1) is 0 Å². The predicted octanol–water partition coefficient (Wildman–Crippen LogP) is 5.18. The molecule has 1 saturated heterocycles. The minimum atomic E-state index is -0.583. The molecule has 1 heterocycles. The number of nitrogens with zero attached hydrogens (tertiary/aromatic N) is 1. The highest BCUT2D eigenvalue weighted by molar-refractivity contribution is 5.95. The first-order valence-corrected chi connectivity index (χ1v) is 10.00. The summed E-state index contributed by atoms with van der Waals surface area (Å²) in [4.78, 5) is 28.1. The lowest BCUT2D eigenvalue weighted by Gasteiger charge is -2.37. The summed E-state index contributed by atoms with van der Waals surface area (Å²) in [6.45, 7) is 6.11. The second kappa shape index (κ2) is 8.59. The van der Waals surface area contributed by atoms with Crippen molar-refractivity contribution in [3.63, 3.8) is 0 Å². The van der Waals surface area contributed by atoms with Gasteiger partial charge in [-0.05, 0) is 51.2 Å². The number of Topliss-reactive ketones (excluding diaryl/α,β-unsaturated/α-hetero) is 1. The fourth-order valence-corrected chi connectivity index (χ4v) is 3.77. The molecular formula is C24H29NO3. The molecule has 0 spiro atoms. The Bertz CT molecular complexity index is 756. The fraction of sp³-hybridized carbons (Fsp3) is 0.417. The lowest BCUT2D eigenvalue weighted by molar-refractivity contribution is -0.126. The normalized spacial score (nSPS) is 17.4. The molecule has 2 aromatic carbocycles. The molecule has 4 nitrogen and oxygen atoms in total. The molecule has 0 aromatic heterocycles. The number of piperidine rings is 1. The molecule has 1 aliphatic heterocycles. The van der Waals surface area contributed by atoms with Gasteiger partial charge in [-0.3, -0.25) is 9.69 Å². The molecule has 3 rings (SSSR count). The van der Waals surface area contributed by atoms with Crippen LogP contribution in [0.15, 0.2) is 60.7 Å². The maximum atomic E-state index is 13.7. The predicted molar refractivity (Wildman–Crippen MR) is 110 cm³/mol. The van der Waals surface area contributed by atoms with E-state index in [-0.39, 0.29) is 5.78 Å². The molecule has 1 fully saturated rings. The molecule has 1 atom stereocenters. The van der Waals surface area contributed by atoms with Crippen molar-refractivity contribution in [3.05, 3.63) is 71.8 Å². The minimum Gasteiger partial charge on any atom is -0.444 e. The molecule has 148 valence electrons. The largest absolute Gasteiger partial charge is 0.444 e. The summed E-state index contributed by atoms with van der Waals surface area (Å²) >= 11 is 0. The van der Waals surface area contributed by atoms with Gasteiger partial charge >= 0.3 is 6.09 Å². The first kappa shape index (κ1) is 20.1. The Balaban J connectivity index is 1.93. The molecular weight excluding hydrogens is 350 g/mol. The summed E-state index contributed by atoms with van der Waals surface area (Å²) in [5.74, 6) is -0.335. The van der Waals surface area contributed by atoms with Gasteiger partial charge in [-0.1, -0.05) is 60.7 Å². The van der Waals surface area contributed by atoms with Crippen molar-refractivity contribution >= 4 is 11.9 Å². The third kappa shape index (κ3) is 4.80. The van der Waals surface area contributed by atoms with Crippen molar-refractivity contribution in [1.82, 2.24) is 4.90 Å². The van der Waals surface area contributed by atoms with Crippen LogP contribution in [0.1, 0.15) is 57.1 Å². The lowest BCUT2D eigenvalue weighted by Crippen LogP contribution is -2.51. The Morgan fingerprint density at radius 3 is 1.96 bits per heavy atom. The zero-order chi connectivity index (χ0) is 20.1. The van der Waals surface area contributed by atoms with Crippen LogP contribution in [0.5, 0.6) is 0 Å². The third-order valence-electron chi connectivity index (χ3n) is 5.01. The second-order valence-corrected chi connectivity index (χ2v) is 8.34. The summed E-state index contributed by atoms with van der Waals surface area (Å²) in [6.07, 6.45) is 2.11. The van der Waals surface area contributed by atoms with Crippen LogP contribution in [0.4, 0.5) is 4.79 Å². The number of amides is 1. The molecule has 4 heteroatoms. The number of likely N-dealkylation sites (tertiary alicyclic amines) is 1. The van der Waals surface area contributed by atoms with E-state index in [1.807, 2.05) is 81.4 Å². The van der Waals surface area contributed by atoms with Gasteiger partial charge in [0.1, 0.15) is 5.60 Å². The smallest absolute Gasteiger partial charge is 0.410 e. The average molecular weight is 380 g/mol. The van der Waals surface area contributed by atoms with Crippen molar-refractivity contribution < 1.29 is 14.3 Å². The van der Waals surface area contributed by atoms with Gasteiger partial charge in [-0.25, -0.2) is 4.79 Å². The number of hydrogen-bond acceptors (Lipinski definition) is 3. The molecule has 2 aromatic rings. The van der Waals surface area contributed by atoms with E-state index >= 15 is 0 Å². The number of ether oxygens (including phenoxy) is 1. The SMILES string of the molecule is CC(C)(C)OC(=O)N1CCCCC1C(=O)C(c1ccccc1)c1ccccc1. The maximum absolute atomic E-state index is 13.7. The standard InChI is InChI=1S/C24H29NO3/c1-24(2,3)28-23(27)25-17-11-10-16-20(25)22(26)21(18-12-6-4-7-13-18)19-14-8-5-9-15-19/h4-9,12-15,20-21H,10-11,16-17H2,1-3H3. The van der Waals surface area contributed by atoms with Gasteiger partial charge in [-0.2, -0.15) is 0 Å². The highest BCUT2D eigenvalue weighted by atomic mass is 16.6. The van der Waals surface area contributed by atoms with Gasteiger partial charge in [0.15, 0.2) is 5.78 Å². The van der Waals surface area contributed by atoms with Crippen molar-refractivity contribution in [1.29, 1.82) is 0 Å². The van der Waals surface area contributed by atoms with Crippen LogP contribution in [0.25, 0.3) is 0 Å². The fourth-order valence-electron chi connectivity index (χ4n) is 3.77. The van der Waals surface area contributed by atoms with Gasteiger partial charge in [0, 0.05) is 6.54 Å². The molecule has 0 radical (unpaired) electrons. The van der Waals surface area contributed by atoms with Gasteiger partial charge in [-0.15, -0.1) is 0 Å². The Morgan fingerprint density at radius 2 is 1.46 bits per heavy atom. The number of ketones is 1. The second-order valence-electron chi connectivity index (χ2n) is 8.34. The molecule has 0 N–H and O–H groups in total.